The normalized spacial score (nSPS) is 16.9. The van der Waals surface area contributed by atoms with Crippen LogP contribution in [0.4, 0.5) is 5.13 Å². The number of aromatic nitrogens is 3. The van der Waals surface area contributed by atoms with E-state index < -0.39 is 17.7 Å². The van der Waals surface area contributed by atoms with E-state index in [0.717, 1.165) is 11.1 Å². The minimum atomic E-state index is -0.886. The molecule has 1 atom stereocenters. The van der Waals surface area contributed by atoms with Crippen LogP contribution >= 0.6 is 11.3 Å². The van der Waals surface area contributed by atoms with Crippen molar-refractivity contribution in [3.63, 3.8) is 0 Å². The zero-order valence-corrected chi connectivity index (χ0v) is 20.4. The Balaban J connectivity index is 1.48. The van der Waals surface area contributed by atoms with Gasteiger partial charge in [0.1, 0.15) is 23.1 Å². The van der Waals surface area contributed by atoms with Gasteiger partial charge in [-0.25, -0.2) is 0 Å². The van der Waals surface area contributed by atoms with Gasteiger partial charge in [-0.05, 0) is 55.3 Å². The number of amides is 1. The highest BCUT2D eigenvalue weighted by atomic mass is 32.1. The molecule has 180 valence electrons. The first-order chi connectivity index (χ1) is 17.4. The number of aliphatic hydroxyl groups is 1. The number of nitrogens with zero attached hydrogens (tertiary/aromatic N) is 4. The van der Waals surface area contributed by atoms with Gasteiger partial charge in [0, 0.05) is 18.0 Å². The van der Waals surface area contributed by atoms with Gasteiger partial charge in [0.05, 0.1) is 11.6 Å². The first-order valence-electron chi connectivity index (χ1n) is 11.2. The second-order valence-corrected chi connectivity index (χ2v) is 9.52. The molecular weight excluding hydrogens is 476 g/mol. The lowest BCUT2D eigenvalue weighted by Crippen LogP contribution is -2.29. The minimum Gasteiger partial charge on any atom is -0.507 e. The Morgan fingerprint density at radius 3 is 2.53 bits per heavy atom. The molecule has 0 aliphatic carbocycles. The Bertz CT molecular complexity index is 1460. The van der Waals surface area contributed by atoms with Crippen LogP contribution in [0.15, 0.2) is 78.6 Å². The van der Waals surface area contributed by atoms with Crippen molar-refractivity contribution < 1.29 is 19.4 Å². The summed E-state index contributed by atoms with van der Waals surface area (Å²) in [6.07, 6.45) is 3.16. The number of ether oxygens (including phenoxy) is 1. The second kappa shape index (κ2) is 9.71. The number of hydrogen-bond donors (Lipinski definition) is 1. The molecule has 3 heterocycles. The van der Waals surface area contributed by atoms with Gasteiger partial charge in [0.15, 0.2) is 0 Å². The van der Waals surface area contributed by atoms with E-state index in [-0.39, 0.29) is 16.5 Å². The van der Waals surface area contributed by atoms with Crippen LogP contribution in [-0.2, 0) is 16.2 Å². The second-order valence-electron chi connectivity index (χ2n) is 8.36. The van der Waals surface area contributed by atoms with Gasteiger partial charge in [-0.15, -0.1) is 10.2 Å². The third-order valence-electron chi connectivity index (χ3n) is 5.78. The first-order valence-corrected chi connectivity index (χ1v) is 12.0. The number of carbonyl (C=O) groups excluding carboxylic acids is 2. The number of pyridine rings is 1. The molecule has 36 heavy (non-hydrogen) atoms. The molecule has 0 bridgehead atoms. The van der Waals surface area contributed by atoms with Crippen LogP contribution in [0.1, 0.15) is 33.3 Å². The van der Waals surface area contributed by atoms with Crippen LogP contribution in [0.3, 0.4) is 0 Å². The summed E-state index contributed by atoms with van der Waals surface area (Å²) in [6.45, 7) is 4.19. The number of ketones is 1. The third kappa shape index (κ3) is 4.48. The van der Waals surface area contributed by atoms with Crippen LogP contribution < -0.4 is 9.64 Å². The molecule has 1 aliphatic heterocycles. The first kappa shape index (κ1) is 23.4. The Morgan fingerprint density at radius 2 is 1.86 bits per heavy atom. The predicted octanol–water partition coefficient (Wildman–Crippen LogP) is 4.76. The van der Waals surface area contributed by atoms with Gasteiger partial charge in [-0.2, -0.15) is 0 Å². The third-order valence-corrected chi connectivity index (χ3v) is 6.62. The van der Waals surface area contributed by atoms with Crippen LogP contribution in [-0.4, -0.2) is 32.0 Å². The molecule has 2 aromatic carbocycles. The Kier molecular flexibility index (Phi) is 6.30. The van der Waals surface area contributed by atoms with Crippen molar-refractivity contribution in [2.45, 2.75) is 26.5 Å². The fraction of sp³-hybridized carbons (Fsp3) is 0.148. The van der Waals surface area contributed by atoms with E-state index in [1.807, 2.05) is 25.1 Å². The smallest absolute Gasteiger partial charge is 0.301 e. The predicted molar refractivity (Wildman–Crippen MR) is 136 cm³/mol. The van der Waals surface area contributed by atoms with Crippen LogP contribution in [0.25, 0.3) is 5.76 Å². The van der Waals surface area contributed by atoms with Crippen molar-refractivity contribution in [2.75, 3.05) is 4.90 Å². The quantitative estimate of drug-likeness (QED) is 0.232. The number of rotatable bonds is 6. The molecule has 1 saturated heterocycles. The van der Waals surface area contributed by atoms with E-state index in [9.17, 15) is 14.7 Å². The number of anilines is 1. The summed E-state index contributed by atoms with van der Waals surface area (Å²) < 4.78 is 5.86. The highest BCUT2D eigenvalue weighted by Gasteiger charge is 2.48. The summed E-state index contributed by atoms with van der Waals surface area (Å²) in [4.78, 5) is 31.6. The van der Waals surface area contributed by atoms with Gasteiger partial charge in [-0.1, -0.05) is 47.2 Å². The fourth-order valence-corrected chi connectivity index (χ4v) is 4.81. The van der Waals surface area contributed by atoms with E-state index in [0.29, 0.717) is 28.5 Å². The fourth-order valence-electron chi connectivity index (χ4n) is 4.10. The highest BCUT2D eigenvalue weighted by Crippen LogP contribution is 2.42. The summed E-state index contributed by atoms with van der Waals surface area (Å²) in [5.41, 5.74) is 3.13. The molecule has 8 nitrogen and oxygen atoms in total. The molecule has 1 fully saturated rings. The summed E-state index contributed by atoms with van der Waals surface area (Å²) in [7, 11) is 0. The SMILES string of the molecule is Cc1cccc(COc2ccc(C(O)=C3C(=O)C(=O)N(c4nnc(C)s4)C3c3cccnc3)cc2)c1. The van der Waals surface area contributed by atoms with Gasteiger partial charge < -0.3 is 9.84 Å². The lowest BCUT2D eigenvalue weighted by molar-refractivity contribution is -0.132. The maximum absolute atomic E-state index is 13.2. The molecule has 1 unspecified atom stereocenters. The maximum Gasteiger partial charge on any atom is 0.301 e. The molecular formula is C27H22N4O4S. The van der Waals surface area contributed by atoms with Crippen LogP contribution in [0, 0.1) is 13.8 Å². The van der Waals surface area contributed by atoms with E-state index >= 15 is 0 Å². The van der Waals surface area contributed by atoms with Gasteiger partial charge in [-0.3, -0.25) is 19.5 Å². The van der Waals surface area contributed by atoms with E-state index in [1.54, 1.807) is 55.7 Å². The largest absolute Gasteiger partial charge is 0.507 e. The average Bonchev–Trinajstić information content (AvgIpc) is 3.43. The van der Waals surface area contributed by atoms with E-state index in [1.165, 1.54) is 16.2 Å². The summed E-state index contributed by atoms with van der Waals surface area (Å²) in [5, 5.41) is 20.2. The molecule has 9 heteroatoms. The van der Waals surface area contributed by atoms with Crippen molar-refractivity contribution >= 4 is 33.9 Å². The number of aryl methyl sites for hydroxylation is 2. The Hall–Kier alpha value is -4.37. The van der Waals surface area contributed by atoms with Crippen molar-refractivity contribution in [3.05, 3.63) is 106 Å². The summed E-state index contributed by atoms with van der Waals surface area (Å²) >= 11 is 1.19. The number of Topliss-reactive ketones (excluding diaryl/α,β-unsaturated/α-hetero) is 1. The van der Waals surface area contributed by atoms with Crippen molar-refractivity contribution in [2.24, 2.45) is 0 Å². The number of benzene rings is 2. The molecule has 1 amide bonds. The number of hydrogen-bond acceptors (Lipinski definition) is 8. The van der Waals surface area contributed by atoms with Gasteiger partial charge in [0.25, 0.3) is 5.78 Å². The van der Waals surface area contributed by atoms with Crippen LogP contribution in [0.2, 0.25) is 0 Å². The van der Waals surface area contributed by atoms with E-state index in [4.69, 9.17) is 4.74 Å². The Morgan fingerprint density at radius 1 is 1.06 bits per heavy atom. The molecule has 4 aromatic rings. The lowest BCUT2D eigenvalue weighted by Gasteiger charge is -2.22. The summed E-state index contributed by atoms with van der Waals surface area (Å²) in [5.74, 6) is -1.24. The van der Waals surface area contributed by atoms with Crippen LogP contribution in [0.5, 0.6) is 5.75 Å². The monoisotopic (exact) mass is 498 g/mol. The van der Waals surface area contributed by atoms with Crippen molar-refractivity contribution in [1.82, 2.24) is 15.2 Å². The van der Waals surface area contributed by atoms with Crippen molar-refractivity contribution in [1.29, 1.82) is 0 Å². The Labute approximate surface area is 211 Å². The average molecular weight is 499 g/mol. The lowest BCUT2D eigenvalue weighted by atomic mass is 9.96. The van der Waals surface area contributed by atoms with Crippen molar-refractivity contribution in [3.8, 4) is 5.75 Å². The standard InChI is InChI=1S/C27H22N4O4S/c1-16-5-3-6-18(13-16)15-35-21-10-8-19(9-11-21)24(32)22-23(20-7-4-12-28-14-20)31(26(34)25(22)33)27-30-29-17(2)36-27/h3-14,23,32H,15H2,1-2H3. The minimum absolute atomic E-state index is 0.0331. The zero-order chi connectivity index (χ0) is 25.2. The summed E-state index contributed by atoms with van der Waals surface area (Å²) in [6, 6.07) is 17.4. The molecule has 0 radical (unpaired) electrons. The number of aliphatic hydroxyl groups excluding tert-OH is 1. The van der Waals surface area contributed by atoms with Gasteiger partial charge >= 0.3 is 5.91 Å². The van der Waals surface area contributed by atoms with Gasteiger partial charge in [0.2, 0.25) is 5.13 Å². The zero-order valence-electron chi connectivity index (χ0n) is 19.6. The maximum atomic E-state index is 13.2. The molecule has 0 spiro atoms. The van der Waals surface area contributed by atoms with E-state index in [2.05, 4.69) is 21.2 Å². The highest BCUT2D eigenvalue weighted by molar-refractivity contribution is 7.15. The molecule has 5 rings (SSSR count). The molecule has 1 N–H and O–H groups in total. The topological polar surface area (TPSA) is 106 Å². The number of carbonyl (C=O) groups is 2. The molecule has 2 aromatic heterocycles. The molecule has 1 aliphatic rings. The molecule has 0 saturated carbocycles.